The highest BCUT2D eigenvalue weighted by Gasteiger charge is 2.43. The predicted molar refractivity (Wildman–Crippen MR) is 121 cm³/mol. The Morgan fingerprint density at radius 3 is 2.21 bits per heavy atom. The number of aliphatic carboxylic acids is 1. The number of hydrogen-bond donors (Lipinski definition) is 3. The molecule has 0 radical (unpaired) electrons. The van der Waals surface area contributed by atoms with Gasteiger partial charge in [0.2, 0.25) is 5.91 Å². The number of amides is 2. The minimum Gasteiger partial charge on any atom is -0.481 e. The SMILES string of the molecule is CO[C@H](C)[C@H](NC(=O)OCC1c2ccccc2-c2ccccc21)C(=O)NC[C@H]1C[C@H]1C(=O)O. The number of nitrogens with one attached hydrogen (secondary N) is 2. The first kappa shape index (κ1) is 22.8. The molecule has 2 aliphatic rings. The van der Waals surface area contributed by atoms with Crippen LogP contribution < -0.4 is 10.6 Å². The maximum absolute atomic E-state index is 12.7. The quantitative estimate of drug-likeness (QED) is 0.539. The molecule has 4 atom stereocenters. The van der Waals surface area contributed by atoms with E-state index in [1.165, 1.54) is 7.11 Å². The zero-order chi connectivity index (χ0) is 23.5. The summed E-state index contributed by atoms with van der Waals surface area (Å²) in [6, 6.07) is 15.1. The van der Waals surface area contributed by atoms with Crippen LogP contribution in [0.4, 0.5) is 4.79 Å². The van der Waals surface area contributed by atoms with E-state index in [0.717, 1.165) is 22.3 Å². The molecule has 0 unspecified atom stereocenters. The molecule has 0 saturated heterocycles. The van der Waals surface area contributed by atoms with E-state index in [-0.39, 0.29) is 25.0 Å². The molecule has 0 aliphatic heterocycles. The Morgan fingerprint density at radius 2 is 1.67 bits per heavy atom. The lowest BCUT2D eigenvalue weighted by atomic mass is 9.98. The maximum Gasteiger partial charge on any atom is 0.407 e. The average molecular weight is 453 g/mol. The molecule has 2 aliphatic carbocycles. The van der Waals surface area contributed by atoms with Crippen LogP contribution >= 0.6 is 0 Å². The van der Waals surface area contributed by atoms with Gasteiger partial charge >= 0.3 is 12.1 Å². The first-order valence-electron chi connectivity index (χ1n) is 11.1. The first-order valence-corrected chi connectivity index (χ1v) is 11.1. The highest BCUT2D eigenvalue weighted by atomic mass is 16.5. The Balaban J connectivity index is 1.36. The summed E-state index contributed by atoms with van der Waals surface area (Å²) < 4.78 is 10.8. The molecule has 3 N–H and O–H groups in total. The molecule has 0 heterocycles. The number of rotatable bonds is 9. The normalized spacial score (nSPS) is 20.2. The van der Waals surface area contributed by atoms with Crippen molar-refractivity contribution in [3.8, 4) is 11.1 Å². The number of carbonyl (C=O) groups excluding carboxylic acids is 2. The zero-order valence-electron chi connectivity index (χ0n) is 18.6. The highest BCUT2D eigenvalue weighted by molar-refractivity contribution is 5.86. The predicted octanol–water partition coefficient (Wildman–Crippen LogP) is 2.77. The van der Waals surface area contributed by atoms with Crippen LogP contribution in [0, 0.1) is 11.8 Å². The average Bonchev–Trinajstić information content (AvgIpc) is 3.55. The van der Waals surface area contributed by atoms with Gasteiger partial charge in [0.15, 0.2) is 0 Å². The maximum atomic E-state index is 12.7. The number of carbonyl (C=O) groups is 3. The van der Waals surface area contributed by atoms with Crippen LogP contribution in [0.15, 0.2) is 48.5 Å². The second-order valence-corrected chi connectivity index (χ2v) is 8.57. The first-order chi connectivity index (χ1) is 15.9. The molecular formula is C25H28N2O6. The van der Waals surface area contributed by atoms with Gasteiger partial charge in [-0.25, -0.2) is 4.79 Å². The third kappa shape index (κ3) is 4.85. The van der Waals surface area contributed by atoms with Crippen molar-refractivity contribution < 1.29 is 29.0 Å². The summed E-state index contributed by atoms with van der Waals surface area (Å²) in [5.74, 6) is -1.88. The Hall–Kier alpha value is -3.39. The standard InChI is InChI=1S/C25H28N2O6/c1-14(32-2)22(23(28)26-12-15-11-20(15)24(29)30)27-25(31)33-13-21-18-9-5-3-7-16(18)17-8-4-6-10-19(17)21/h3-10,14-15,20-22H,11-13H2,1-2H3,(H,26,28)(H,27,31)(H,29,30)/t14-,15-,20-,22+/m1/s1. The van der Waals surface area contributed by atoms with Crippen molar-refractivity contribution in [1.29, 1.82) is 0 Å². The van der Waals surface area contributed by atoms with Gasteiger partial charge in [0.1, 0.15) is 12.6 Å². The third-order valence-electron chi connectivity index (χ3n) is 6.52. The lowest BCUT2D eigenvalue weighted by Crippen LogP contribution is -2.53. The molecule has 1 saturated carbocycles. The summed E-state index contributed by atoms with van der Waals surface area (Å²) in [6.07, 6.45) is -0.768. The molecule has 1 fully saturated rings. The number of fused-ring (bicyclic) bond motifs is 3. The third-order valence-corrected chi connectivity index (χ3v) is 6.52. The largest absolute Gasteiger partial charge is 0.481 e. The van der Waals surface area contributed by atoms with Gasteiger partial charge in [-0.2, -0.15) is 0 Å². The molecule has 0 spiro atoms. The fraction of sp³-hybridized carbons (Fsp3) is 0.400. The number of alkyl carbamates (subject to hydrolysis) is 1. The van der Waals surface area contributed by atoms with Crippen LogP contribution in [0.1, 0.15) is 30.4 Å². The summed E-state index contributed by atoms with van der Waals surface area (Å²) in [4.78, 5) is 36.3. The number of carboxylic acids is 1. The van der Waals surface area contributed by atoms with Crippen LogP contribution in [0.3, 0.4) is 0 Å². The number of carboxylic acid groups (broad SMARTS) is 1. The molecule has 174 valence electrons. The second kappa shape index (κ2) is 9.62. The molecule has 0 aromatic heterocycles. The summed E-state index contributed by atoms with van der Waals surface area (Å²) >= 11 is 0. The van der Waals surface area contributed by atoms with E-state index in [9.17, 15) is 14.4 Å². The number of methoxy groups -OCH3 is 1. The number of ether oxygens (including phenoxy) is 2. The molecule has 8 heteroatoms. The Bertz CT molecular complexity index is 1010. The van der Waals surface area contributed by atoms with E-state index in [2.05, 4.69) is 22.8 Å². The van der Waals surface area contributed by atoms with Crippen LogP contribution in [-0.2, 0) is 19.1 Å². The molecule has 4 rings (SSSR count). The van der Waals surface area contributed by atoms with Crippen molar-refractivity contribution >= 4 is 18.0 Å². The summed E-state index contributed by atoms with van der Waals surface area (Å²) in [5.41, 5.74) is 4.46. The van der Waals surface area contributed by atoms with Gasteiger partial charge in [0.25, 0.3) is 0 Å². The van der Waals surface area contributed by atoms with E-state index in [1.54, 1.807) is 6.92 Å². The Kier molecular flexibility index (Phi) is 6.65. The summed E-state index contributed by atoms with van der Waals surface area (Å²) in [5, 5.41) is 14.3. The molecule has 0 bridgehead atoms. The smallest absolute Gasteiger partial charge is 0.407 e. The van der Waals surface area contributed by atoms with E-state index >= 15 is 0 Å². The Morgan fingerprint density at radius 1 is 1.06 bits per heavy atom. The molecule has 33 heavy (non-hydrogen) atoms. The number of benzene rings is 2. The molecule has 8 nitrogen and oxygen atoms in total. The molecular weight excluding hydrogens is 424 g/mol. The summed E-state index contributed by atoms with van der Waals surface area (Å²) in [7, 11) is 1.45. The topological polar surface area (TPSA) is 114 Å². The van der Waals surface area contributed by atoms with Crippen LogP contribution in [-0.4, -0.2) is 55.5 Å². The lowest BCUT2D eigenvalue weighted by Gasteiger charge is -2.23. The number of hydrogen-bond acceptors (Lipinski definition) is 5. The zero-order valence-corrected chi connectivity index (χ0v) is 18.6. The second-order valence-electron chi connectivity index (χ2n) is 8.57. The van der Waals surface area contributed by atoms with Crippen molar-refractivity contribution in [2.24, 2.45) is 11.8 Å². The minimum absolute atomic E-state index is 0.0839. The minimum atomic E-state index is -0.965. The van der Waals surface area contributed by atoms with Crippen molar-refractivity contribution in [3.05, 3.63) is 59.7 Å². The van der Waals surface area contributed by atoms with Crippen molar-refractivity contribution in [3.63, 3.8) is 0 Å². The van der Waals surface area contributed by atoms with E-state index in [4.69, 9.17) is 14.6 Å². The van der Waals surface area contributed by atoms with Gasteiger partial charge in [-0.05, 0) is 41.5 Å². The van der Waals surface area contributed by atoms with Crippen molar-refractivity contribution in [1.82, 2.24) is 10.6 Å². The van der Waals surface area contributed by atoms with E-state index < -0.39 is 36.0 Å². The van der Waals surface area contributed by atoms with E-state index in [1.807, 2.05) is 36.4 Å². The monoisotopic (exact) mass is 452 g/mol. The summed E-state index contributed by atoms with van der Waals surface area (Å²) in [6.45, 7) is 2.05. The van der Waals surface area contributed by atoms with Gasteiger partial charge < -0.3 is 25.2 Å². The molecule has 2 aromatic rings. The fourth-order valence-electron chi connectivity index (χ4n) is 4.42. The van der Waals surface area contributed by atoms with E-state index in [0.29, 0.717) is 6.42 Å². The lowest BCUT2D eigenvalue weighted by molar-refractivity contribution is -0.139. The van der Waals surface area contributed by atoms with Crippen LogP contribution in [0.5, 0.6) is 0 Å². The molecule has 2 amide bonds. The van der Waals surface area contributed by atoms with Gasteiger partial charge in [0.05, 0.1) is 12.0 Å². The Labute approximate surface area is 192 Å². The van der Waals surface area contributed by atoms with Crippen LogP contribution in [0.25, 0.3) is 11.1 Å². The van der Waals surface area contributed by atoms with Gasteiger partial charge in [-0.1, -0.05) is 48.5 Å². The van der Waals surface area contributed by atoms with Gasteiger partial charge in [0, 0.05) is 19.6 Å². The van der Waals surface area contributed by atoms with Gasteiger partial charge in [-0.15, -0.1) is 0 Å². The van der Waals surface area contributed by atoms with Crippen molar-refractivity contribution in [2.45, 2.75) is 31.4 Å². The highest BCUT2D eigenvalue weighted by Crippen LogP contribution is 2.44. The van der Waals surface area contributed by atoms with Crippen molar-refractivity contribution in [2.75, 3.05) is 20.3 Å². The molecule has 2 aromatic carbocycles. The van der Waals surface area contributed by atoms with Crippen LogP contribution in [0.2, 0.25) is 0 Å². The van der Waals surface area contributed by atoms with Gasteiger partial charge in [-0.3, -0.25) is 9.59 Å². The fourth-order valence-corrected chi connectivity index (χ4v) is 4.42.